The van der Waals surface area contributed by atoms with E-state index < -0.39 is 0 Å². The summed E-state index contributed by atoms with van der Waals surface area (Å²) in [4.78, 5) is 0. The van der Waals surface area contributed by atoms with Crippen LogP contribution in [-0.4, -0.2) is 16.8 Å². The molecular weight excluding hydrogens is 222 g/mol. The maximum absolute atomic E-state index is 4.67. The Morgan fingerprint density at radius 1 is 1.33 bits per heavy atom. The molecule has 1 aromatic heterocycles. The van der Waals surface area contributed by atoms with E-state index in [9.17, 15) is 0 Å². The molecule has 1 heterocycles. The third-order valence-corrected chi connectivity index (χ3v) is 3.67. The normalized spacial score (nSPS) is 16.8. The van der Waals surface area contributed by atoms with Crippen LogP contribution in [0.1, 0.15) is 43.0 Å². The minimum atomic E-state index is 0.364. The zero-order chi connectivity index (χ0) is 12.5. The van der Waals surface area contributed by atoms with Crippen molar-refractivity contribution < 1.29 is 0 Å². The zero-order valence-corrected chi connectivity index (χ0v) is 10.9. The third-order valence-electron chi connectivity index (χ3n) is 3.67. The molecule has 0 spiro atoms. The number of nitrogens with zero attached hydrogens (tertiary/aromatic N) is 2. The van der Waals surface area contributed by atoms with E-state index in [1.54, 1.807) is 0 Å². The van der Waals surface area contributed by atoms with Gasteiger partial charge in [-0.1, -0.05) is 12.1 Å². The zero-order valence-electron chi connectivity index (χ0n) is 10.9. The van der Waals surface area contributed by atoms with E-state index in [4.69, 9.17) is 0 Å². The molecule has 2 aromatic rings. The summed E-state index contributed by atoms with van der Waals surface area (Å²) in [7, 11) is 1.98. The SMILES string of the molecule is CNC(C)c1cccc(-n2ccc(C3CC3)n2)c1. The van der Waals surface area contributed by atoms with Crippen molar-refractivity contribution >= 4 is 0 Å². The maximum atomic E-state index is 4.67. The Kier molecular flexibility index (Phi) is 2.92. The second kappa shape index (κ2) is 4.58. The highest BCUT2D eigenvalue weighted by molar-refractivity contribution is 5.37. The summed E-state index contributed by atoms with van der Waals surface area (Å²) < 4.78 is 1.99. The monoisotopic (exact) mass is 241 g/mol. The molecule has 18 heavy (non-hydrogen) atoms. The number of hydrogen-bond acceptors (Lipinski definition) is 2. The van der Waals surface area contributed by atoms with Crippen molar-refractivity contribution in [3.8, 4) is 5.69 Å². The summed E-state index contributed by atoms with van der Waals surface area (Å²) in [6.45, 7) is 2.16. The van der Waals surface area contributed by atoms with E-state index in [0.29, 0.717) is 12.0 Å². The van der Waals surface area contributed by atoms with E-state index in [2.05, 4.69) is 53.9 Å². The third kappa shape index (κ3) is 2.18. The van der Waals surface area contributed by atoms with Crippen molar-refractivity contribution in [2.45, 2.75) is 31.7 Å². The Bertz CT molecular complexity index is 540. The summed E-state index contributed by atoms with van der Waals surface area (Å²) in [5.41, 5.74) is 3.67. The highest BCUT2D eigenvalue weighted by Gasteiger charge is 2.25. The average Bonchev–Trinajstić information content (AvgIpc) is 3.15. The van der Waals surface area contributed by atoms with E-state index in [0.717, 1.165) is 5.69 Å². The van der Waals surface area contributed by atoms with Crippen LogP contribution in [0.3, 0.4) is 0 Å². The first-order valence-electron chi connectivity index (χ1n) is 6.61. The molecule has 1 aliphatic carbocycles. The Balaban J connectivity index is 1.90. The van der Waals surface area contributed by atoms with Crippen LogP contribution in [0.25, 0.3) is 5.69 Å². The van der Waals surface area contributed by atoms with Gasteiger partial charge in [-0.2, -0.15) is 5.10 Å². The Morgan fingerprint density at radius 2 is 2.17 bits per heavy atom. The van der Waals surface area contributed by atoms with Gasteiger partial charge >= 0.3 is 0 Å². The Labute approximate surface area is 108 Å². The molecule has 1 N–H and O–H groups in total. The van der Waals surface area contributed by atoms with Gasteiger partial charge in [0.25, 0.3) is 0 Å². The number of benzene rings is 1. The molecule has 0 bridgehead atoms. The van der Waals surface area contributed by atoms with Gasteiger partial charge in [0.2, 0.25) is 0 Å². The number of aromatic nitrogens is 2. The predicted molar refractivity (Wildman–Crippen MR) is 73.0 cm³/mol. The van der Waals surface area contributed by atoms with Crippen LogP contribution in [0, 0.1) is 0 Å². The number of hydrogen-bond donors (Lipinski definition) is 1. The van der Waals surface area contributed by atoms with Crippen LogP contribution in [0.5, 0.6) is 0 Å². The van der Waals surface area contributed by atoms with E-state index >= 15 is 0 Å². The first kappa shape index (κ1) is 11.5. The predicted octanol–water partition coefficient (Wildman–Crippen LogP) is 3.03. The second-order valence-corrected chi connectivity index (χ2v) is 5.06. The molecule has 1 saturated carbocycles. The van der Waals surface area contributed by atoms with Crippen LogP contribution in [-0.2, 0) is 0 Å². The fourth-order valence-electron chi connectivity index (χ4n) is 2.18. The van der Waals surface area contributed by atoms with Gasteiger partial charge < -0.3 is 5.32 Å². The summed E-state index contributed by atoms with van der Waals surface area (Å²) in [6.07, 6.45) is 4.67. The molecule has 1 aliphatic rings. The molecule has 3 heteroatoms. The van der Waals surface area contributed by atoms with Crippen LogP contribution in [0.4, 0.5) is 0 Å². The lowest BCUT2D eigenvalue weighted by Gasteiger charge is -2.12. The molecule has 0 aliphatic heterocycles. The van der Waals surface area contributed by atoms with E-state index in [1.807, 2.05) is 11.7 Å². The fourth-order valence-corrected chi connectivity index (χ4v) is 2.18. The molecule has 94 valence electrons. The molecule has 1 atom stereocenters. The van der Waals surface area contributed by atoms with Crippen LogP contribution in [0.15, 0.2) is 36.5 Å². The van der Waals surface area contributed by atoms with Crippen LogP contribution in [0.2, 0.25) is 0 Å². The van der Waals surface area contributed by atoms with Crippen molar-refractivity contribution in [3.05, 3.63) is 47.8 Å². The lowest BCUT2D eigenvalue weighted by atomic mass is 10.1. The molecule has 1 unspecified atom stereocenters. The van der Waals surface area contributed by atoms with Gasteiger partial charge in [-0.25, -0.2) is 4.68 Å². The Morgan fingerprint density at radius 3 is 2.89 bits per heavy atom. The van der Waals surface area contributed by atoms with Gasteiger partial charge in [0.1, 0.15) is 0 Å². The standard InChI is InChI=1S/C15H19N3/c1-11(16-2)13-4-3-5-14(10-13)18-9-8-15(17-18)12-6-7-12/h3-5,8-12,16H,6-7H2,1-2H3. The summed E-state index contributed by atoms with van der Waals surface area (Å²) in [5.74, 6) is 0.714. The van der Waals surface area contributed by atoms with Crippen LogP contribution < -0.4 is 5.32 Å². The summed E-state index contributed by atoms with van der Waals surface area (Å²) in [6, 6.07) is 11.1. The van der Waals surface area contributed by atoms with Gasteiger partial charge in [-0.05, 0) is 50.6 Å². The van der Waals surface area contributed by atoms with Crippen LogP contribution >= 0.6 is 0 Å². The molecule has 1 aromatic carbocycles. The second-order valence-electron chi connectivity index (χ2n) is 5.06. The van der Waals surface area contributed by atoms with Gasteiger partial charge in [-0.15, -0.1) is 0 Å². The quantitative estimate of drug-likeness (QED) is 0.891. The van der Waals surface area contributed by atoms with Gasteiger partial charge in [0.05, 0.1) is 11.4 Å². The highest BCUT2D eigenvalue weighted by Crippen LogP contribution is 2.39. The molecule has 3 rings (SSSR count). The molecule has 1 fully saturated rings. The van der Waals surface area contributed by atoms with Crippen molar-refractivity contribution in [2.24, 2.45) is 0 Å². The molecule has 3 nitrogen and oxygen atoms in total. The van der Waals surface area contributed by atoms with Gasteiger partial charge in [0, 0.05) is 18.2 Å². The lowest BCUT2D eigenvalue weighted by Crippen LogP contribution is -2.12. The lowest BCUT2D eigenvalue weighted by molar-refractivity contribution is 0.651. The van der Waals surface area contributed by atoms with Gasteiger partial charge in [-0.3, -0.25) is 0 Å². The van der Waals surface area contributed by atoms with Crippen molar-refractivity contribution in [3.63, 3.8) is 0 Å². The molecular formula is C15H19N3. The summed E-state index contributed by atoms with van der Waals surface area (Å²) >= 11 is 0. The average molecular weight is 241 g/mol. The maximum Gasteiger partial charge on any atom is 0.0659 e. The topological polar surface area (TPSA) is 29.9 Å². The molecule has 0 amide bonds. The minimum Gasteiger partial charge on any atom is -0.313 e. The van der Waals surface area contributed by atoms with Crippen molar-refractivity contribution in [1.82, 2.24) is 15.1 Å². The molecule has 0 radical (unpaired) electrons. The number of nitrogens with one attached hydrogen (secondary N) is 1. The van der Waals surface area contributed by atoms with Gasteiger partial charge in [0.15, 0.2) is 0 Å². The van der Waals surface area contributed by atoms with Crippen molar-refractivity contribution in [2.75, 3.05) is 7.05 Å². The Hall–Kier alpha value is -1.61. The van der Waals surface area contributed by atoms with Crippen molar-refractivity contribution in [1.29, 1.82) is 0 Å². The molecule has 0 saturated heterocycles. The van der Waals surface area contributed by atoms with E-state index in [1.165, 1.54) is 24.1 Å². The summed E-state index contributed by atoms with van der Waals surface area (Å²) in [5, 5.41) is 7.93. The fraction of sp³-hybridized carbons (Fsp3) is 0.400. The van der Waals surface area contributed by atoms with E-state index in [-0.39, 0.29) is 0 Å². The first-order valence-corrected chi connectivity index (χ1v) is 6.61. The highest BCUT2D eigenvalue weighted by atomic mass is 15.3. The first-order chi connectivity index (χ1) is 8.78. The minimum absolute atomic E-state index is 0.364. The smallest absolute Gasteiger partial charge is 0.0659 e. The largest absolute Gasteiger partial charge is 0.313 e. The number of rotatable bonds is 4.